The lowest BCUT2D eigenvalue weighted by Gasteiger charge is -2.04. The molecule has 1 aromatic heterocycles. The van der Waals surface area contributed by atoms with Crippen LogP contribution in [0.25, 0.3) is 22.2 Å². The fourth-order valence-electron chi connectivity index (χ4n) is 2.75. The maximum atomic E-state index is 12.6. The molecule has 3 N–H and O–H groups in total. The third-order valence-corrected chi connectivity index (χ3v) is 5.57. The highest BCUT2D eigenvalue weighted by atomic mass is 35.5. The molecule has 0 aliphatic heterocycles. The van der Waals surface area contributed by atoms with Crippen molar-refractivity contribution in [2.75, 3.05) is 0 Å². The van der Waals surface area contributed by atoms with Crippen molar-refractivity contribution in [3.8, 4) is 11.3 Å². The summed E-state index contributed by atoms with van der Waals surface area (Å²) < 4.78 is 0. The summed E-state index contributed by atoms with van der Waals surface area (Å²) in [6.45, 7) is 0.890. The van der Waals surface area contributed by atoms with Gasteiger partial charge < -0.3 is 11.1 Å². The van der Waals surface area contributed by atoms with Gasteiger partial charge in [0.15, 0.2) is 0 Å². The van der Waals surface area contributed by atoms with Gasteiger partial charge in [-0.05, 0) is 12.1 Å². The van der Waals surface area contributed by atoms with Crippen LogP contribution in [0, 0.1) is 0 Å². The van der Waals surface area contributed by atoms with Crippen LogP contribution in [0.2, 0.25) is 5.02 Å². The molecule has 0 atom stereocenters. The maximum Gasteiger partial charge on any atom is 0.203 e. The number of allylic oxidation sites excluding steroid dienone is 1. The van der Waals surface area contributed by atoms with Gasteiger partial charge in [-0.2, -0.15) is 0 Å². The van der Waals surface area contributed by atoms with Crippen LogP contribution in [0.5, 0.6) is 0 Å². The lowest BCUT2D eigenvalue weighted by atomic mass is 10.0. The molecular weight excluding hydrogens is 426 g/mol. The van der Waals surface area contributed by atoms with Gasteiger partial charge >= 0.3 is 0 Å². The second kappa shape index (κ2) is 11.2. The van der Waals surface area contributed by atoms with E-state index in [2.05, 4.69) is 22.9 Å². The van der Waals surface area contributed by atoms with E-state index < -0.39 is 5.78 Å². The minimum absolute atomic E-state index is 0.00489. The summed E-state index contributed by atoms with van der Waals surface area (Å²) in [5, 5.41) is 12.0. The second-order valence-electron chi connectivity index (χ2n) is 6.44. The van der Waals surface area contributed by atoms with E-state index in [-0.39, 0.29) is 5.57 Å². The van der Waals surface area contributed by atoms with Crippen molar-refractivity contribution >= 4 is 40.2 Å². The zero-order valence-electron chi connectivity index (χ0n) is 16.7. The molecule has 0 spiro atoms. The smallest absolute Gasteiger partial charge is 0.203 e. The SMILES string of the molecule is [N-]=C=C(C(=O)c1ccccc1Cl)c1nc(-c2ccccc2)cs1.[NH3+]Cc1ccccc1. The van der Waals surface area contributed by atoms with Gasteiger partial charge in [-0.25, -0.2) is 4.98 Å². The first kappa shape index (κ1) is 22.3. The number of Topliss-reactive ketones (excluding diaryl/α,β-unsaturated/α-hetero) is 1. The third-order valence-electron chi connectivity index (χ3n) is 4.38. The number of rotatable bonds is 5. The van der Waals surface area contributed by atoms with Gasteiger partial charge in [-0.1, -0.05) is 84.4 Å². The van der Waals surface area contributed by atoms with Crippen LogP contribution >= 0.6 is 22.9 Å². The summed E-state index contributed by atoms with van der Waals surface area (Å²) in [5.41, 5.74) is 7.05. The first-order chi connectivity index (χ1) is 15.1. The molecule has 1 heterocycles. The van der Waals surface area contributed by atoms with Crippen LogP contribution in [0.3, 0.4) is 0 Å². The van der Waals surface area contributed by atoms with Gasteiger partial charge in [-0.3, -0.25) is 10.7 Å². The van der Waals surface area contributed by atoms with Crippen molar-refractivity contribution in [2.24, 2.45) is 0 Å². The Hall–Kier alpha value is -3.34. The predicted octanol–water partition coefficient (Wildman–Crippen LogP) is 5.40. The van der Waals surface area contributed by atoms with Gasteiger partial charge in [0, 0.05) is 22.1 Å². The van der Waals surface area contributed by atoms with Gasteiger partial charge in [0.25, 0.3) is 0 Å². The Morgan fingerprint density at radius 3 is 2.16 bits per heavy atom. The highest BCUT2D eigenvalue weighted by Crippen LogP contribution is 2.28. The Morgan fingerprint density at radius 1 is 0.968 bits per heavy atom. The molecule has 31 heavy (non-hydrogen) atoms. The van der Waals surface area contributed by atoms with Crippen LogP contribution in [0.15, 0.2) is 90.3 Å². The minimum atomic E-state index is -0.410. The largest absolute Gasteiger partial charge is 0.763 e. The van der Waals surface area contributed by atoms with Crippen molar-refractivity contribution in [3.63, 3.8) is 0 Å². The number of thiazole rings is 1. The van der Waals surface area contributed by atoms with Gasteiger partial charge in [-0.15, -0.1) is 11.3 Å². The Bertz CT molecular complexity index is 1200. The van der Waals surface area contributed by atoms with Crippen LogP contribution in [-0.2, 0) is 6.54 Å². The van der Waals surface area contributed by atoms with E-state index >= 15 is 0 Å². The highest BCUT2D eigenvalue weighted by Gasteiger charge is 2.18. The van der Waals surface area contributed by atoms with Crippen LogP contribution in [0.4, 0.5) is 0 Å². The highest BCUT2D eigenvalue weighted by molar-refractivity contribution is 7.11. The van der Waals surface area contributed by atoms with E-state index in [0.29, 0.717) is 15.6 Å². The van der Waals surface area contributed by atoms with E-state index in [4.69, 9.17) is 11.6 Å². The minimum Gasteiger partial charge on any atom is -0.763 e. The molecule has 3 aromatic carbocycles. The lowest BCUT2D eigenvalue weighted by Crippen LogP contribution is -2.47. The van der Waals surface area contributed by atoms with Crippen molar-refractivity contribution in [3.05, 3.63) is 117 Å². The van der Waals surface area contributed by atoms with Crippen molar-refractivity contribution in [1.82, 2.24) is 4.98 Å². The average molecular weight is 446 g/mol. The van der Waals surface area contributed by atoms with Crippen molar-refractivity contribution in [2.45, 2.75) is 6.54 Å². The Balaban J connectivity index is 0.000000287. The molecule has 0 radical (unpaired) electrons. The number of hydrogen-bond donors (Lipinski definition) is 1. The fourth-order valence-corrected chi connectivity index (χ4v) is 3.79. The Labute approximate surface area is 190 Å². The van der Waals surface area contributed by atoms with E-state index in [1.807, 2.05) is 59.8 Å². The molecule has 0 bridgehead atoms. The zero-order chi connectivity index (χ0) is 22.1. The van der Waals surface area contributed by atoms with Crippen LogP contribution < -0.4 is 5.73 Å². The standard InChI is InChI=1S/C18H10ClN2OS.C7H9N/c19-15-9-5-4-8-13(15)17(22)14(10-20)18-21-16(11-23-18)12-6-2-1-3-7-12;8-6-7-4-2-1-3-5-7/h1-9,11H;1-5H,6,8H2/q-1;/p+1. The molecule has 0 unspecified atom stereocenters. The molecule has 4 rings (SSSR count). The van der Waals surface area contributed by atoms with E-state index in [0.717, 1.165) is 17.8 Å². The maximum absolute atomic E-state index is 12.6. The second-order valence-corrected chi connectivity index (χ2v) is 7.70. The van der Waals surface area contributed by atoms with E-state index in [1.165, 1.54) is 16.9 Å². The number of carbonyl (C=O) groups excluding carboxylic acids is 1. The number of carbonyl (C=O) groups is 1. The van der Waals surface area contributed by atoms with Gasteiger partial charge in [0.05, 0.1) is 22.8 Å². The average Bonchev–Trinajstić information content (AvgIpc) is 3.31. The summed E-state index contributed by atoms with van der Waals surface area (Å²) in [6, 6.07) is 26.5. The molecule has 4 nitrogen and oxygen atoms in total. The number of quaternary nitrogens is 1. The lowest BCUT2D eigenvalue weighted by molar-refractivity contribution is -0.386. The zero-order valence-corrected chi connectivity index (χ0v) is 18.2. The van der Waals surface area contributed by atoms with Gasteiger partial charge in [0.2, 0.25) is 5.78 Å². The number of benzene rings is 3. The number of ketones is 1. The van der Waals surface area contributed by atoms with Crippen molar-refractivity contribution < 1.29 is 10.5 Å². The summed E-state index contributed by atoms with van der Waals surface area (Å²) in [7, 11) is 0. The monoisotopic (exact) mass is 445 g/mol. The molecule has 0 amide bonds. The topological polar surface area (TPSA) is 79.9 Å². The molecular formula is C25H20ClN3OS. The molecule has 0 saturated heterocycles. The summed E-state index contributed by atoms with van der Waals surface area (Å²) in [4.78, 5) is 17.0. The van der Waals surface area contributed by atoms with Crippen LogP contribution in [-0.4, -0.2) is 16.6 Å². The quantitative estimate of drug-likeness (QED) is 0.253. The third kappa shape index (κ3) is 5.85. The molecule has 154 valence electrons. The molecule has 0 aliphatic rings. The number of hydrogen-bond acceptors (Lipinski definition) is 3. The van der Waals surface area contributed by atoms with E-state index in [9.17, 15) is 10.2 Å². The Kier molecular flexibility index (Phi) is 8.05. The molecule has 0 saturated carbocycles. The predicted molar refractivity (Wildman–Crippen MR) is 128 cm³/mol. The molecule has 0 aliphatic carbocycles. The van der Waals surface area contributed by atoms with E-state index in [1.54, 1.807) is 24.3 Å². The number of nitrogens with zero attached hydrogens (tertiary/aromatic N) is 2. The van der Waals surface area contributed by atoms with Crippen molar-refractivity contribution in [1.29, 1.82) is 0 Å². The first-order valence-corrected chi connectivity index (χ1v) is 10.8. The summed E-state index contributed by atoms with van der Waals surface area (Å²) in [6.07, 6.45) is 0. The molecule has 4 aromatic rings. The summed E-state index contributed by atoms with van der Waals surface area (Å²) in [5.74, 6) is 1.55. The molecule has 0 fully saturated rings. The Morgan fingerprint density at radius 2 is 1.58 bits per heavy atom. The fraction of sp³-hybridized carbons (Fsp3) is 0.0400. The van der Waals surface area contributed by atoms with Crippen LogP contribution in [0.1, 0.15) is 20.9 Å². The molecule has 6 heteroatoms. The summed E-state index contributed by atoms with van der Waals surface area (Å²) >= 11 is 7.32. The normalized spacial score (nSPS) is 9.87. The first-order valence-electron chi connectivity index (χ1n) is 9.54. The number of halogens is 1. The number of aromatic nitrogens is 1. The van der Waals surface area contributed by atoms with Gasteiger partial charge in [0.1, 0.15) is 5.01 Å².